The second kappa shape index (κ2) is 4.29. The number of aliphatic carboxylic acids is 1. The number of benzene rings is 1. The maximum Gasteiger partial charge on any atom is 0.326 e. The molecule has 5 heteroatoms. The van der Waals surface area contributed by atoms with Crippen LogP contribution in [0.5, 0.6) is 5.75 Å². The molecule has 0 aliphatic heterocycles. The van der Waals surface area contributed by atoms with E-state index in [4.69, 9.17) is 5.11 Å². The van der Waals surface area contributed by atoms with E-state index in [1.54, 1.807) is 31.2 Å². The fourth-order valence-corrected chi connectivity index (χ4v) is 1.63. The average molecular weight is 232 g/mol. The van der Waals surface area contributed by atoms with Crippen LogP contribution in [0.3, 0.4) is 0 Å². The molecule has 1 heterocycles. The number of para-hydroxylation sites is 1. The van der Waals surface area contributed by atoms with Crippen LogP contribution in [-0.2, 0) is 4.79 Å². The monoisotopic (exact) mass is 232 g/mol. The van der Waals surface area contributed by atoms with Crippen molar-refractivity contribution < 1.29 is 15.0 Å². The number of aromatic hydroxyl groups is 1. The van der Waals surface area contributed by atoms with Crippen LogP contribution in [0.15, 0.2) is 36.8 Å². The summed E-state index contributed by atoms with van der Waals surface area (Å²) in [6.07, 6.45) is 2.98. The Bertz CT molecular complexity index is 548. The van der Waals surface area contributed by atoms with E-state index < -0.39 is 12.0 Å². The fourth-order valence-electron chi connectivity index (χ4n) is 1.63. The van der Waals surface area contributed by atoms with Gasteiger partial charge in [-0.3, -0.25) is 0 Å². The molecule has 0 bridgehead atoms. The van der Waals surface area contributed by atoms with Gasteiger partial charge in [-0.05, 0) is 19.1 Å². The number of imidazole rings is 1. The summed E-state index contributed by atoms with van der Waals surface area (Å²) in [7, 11) is 0. The summed E-state index contributed by atoms with van der Waals surface area (Å²) in [5.74, 6) is -0.841. The minimum Gasteiger partial charge on any atom is -0.507 e. The summed E-state index contributed by atoms with van der Waals surface area (Å²) in [4.78, 5) is 14.9. The molecule has 0 amide bonds. The van der Waals surface area contributed by atoms with Gasteiger partial charge in [-0.2, -0.15) is 0 Å². The largest absolute Gasteiger partial charge is 0.507 e. The predicted molar refractivity (Wildman–Crippen MR) is 61.7 cm³/mol. The molecule has 2 aromatic rings. The zero-order valence-corrected chi connectivity index (χ0v) is 9.24. The van der Waals surface area contributed by atoms with Gasteiger partial charge >= 0.3 is 5.97 Å². The minimum absolute atomic E-state index is 0.104. The average Bonchev–Trinajstić information content (AvgIpc) is 2.77. The van der Waals surface area contributed by atoms with Gasteiger partial charge in [-0.15, -0.1) is 0 Å². The molecule has 0 spiro atoms. The van der Waals surface area contributed by atoms with Gasteiger partial charge in [0.2, 0.25) is 0 Å². The molecule has 0 fully saturated rings. The van der Waals surface area contributed by atoms with Crippen LogP contribution < -0.4 is 0 Å². The van der Waals surface area contributed by atoms with Crippen molar-refractivity contribution in [3.8, 4) is 17.0 Å². The molecule has 1 aromatic heterocycles. The lowest BCUT2D eigenvalue weighted by Crippen LogP contribution is -2.15. The van der Waals surface area contributed by atoms with Gasteiger partial charge in [0, 0.05) is 5.56 Å². The number of phenolic OH excluding ortho intramolecular Hbond substituents is 1. The van der Waals surface area contributed by atoms with Crippen molar-refractivity contribution in [2.75, 3.05) is 0 Å². The summed E-state index contributed by atoms with van der Waals surface area (Å²) >= 11 is 0. The molecular formula is C12H12N2O3. The molecule has 2 rings (SSSR count). The summed E-state index contributed by atoms with van der Waals surface area (Å²) < 4.78 is 1.51. The molecular weight excluding hydrogens is 220 g/mol. The minimum atomic E-state index is -0.945. The zero-order valence-electron chi connectivity index (χ0n) is 9.24. The highest BCUT2D eigenvalue weighted by Crippen LogP contribution is 2.29. The number of carboxylic acid groups (broad SMARTS) is 1. The highest BCUT2D eigenvalue weighted by molar-refractivity contribution is 5.74. The number of nitrogens with zero attached hydrogens (tertiary/aromatic N) is 2. The summed E-state index contributed by atoms with van der Waals surface area (Å²) in [6, 6.07) is 6.03. The third-order valence-corrected chi connectivity index (χ3v) is 2.62. The van der Waals surface area contributed by atoms with E-state index in [1.165, 1.54) is 17.1 Å². The zero-order chi connectivity index (χ0) is 12.4. The molecule has 17 heavy (non-hydrogen) atoms. The Balaban J connectivity index is 2.51. The lowest BCUT2D eigenvalue weighted by molar-refractivity contribution is -0.140. The number of carboxylic acids is 1. The van der Waals surface area contributed by atoms with Crippen LogP contribution in [0.2, 0.25) is 0 Å². The number of hydrogen-bond acceptors (Lipinski definition) is 3. The smallest absolute Gasteiger partial charge is 0.326 e. The number of phenols is 1. The number of aromatic nitrogens is 2. The van der Waals surface area contributed by atoms with Crippen molar-refractivity contribution >= 4 is 5.97 Å². The van der Waals surface area contributed by atoms with E-state index in [1.807, 2.05) is 0 Å². The van der Waals surface area contributed by atoms with E-state index in [2.05, 4.69) is 4.98 Å². The molecule has 1 atom stereocenters. The van der Waals surface area contributed by atoms with Gasteiger partial charge in [0.1, 0.15) is 11.8 Å². The Morgan fingerprint density at radius 2 is 2.12 bits per heavy atom. The first-order valence-electron chi connectivity index (χ1n) is 5.14. The van der Waals surface area contributed by atoms with Gasteiger partial charge in [-0.1, -0.05) is 12.1 Å². The van der Waals surface area contributed by atoms with Gasteiger partial charge < -0.3 is 14.8 Å². The quantitative estimate of drug-likeness (QED) is 0.847. The maximum absolute atomic E-state index is 11.0. The van der Waals surface area contributed by atoms with Gasteiger partial charge in [-0.25, -0.2) is 9.78 Å². The van der Waals surface area contributed by atoms with Crippen molar-refractivity contribution in [2.24, 2.45) is 0 Å². The molecule has 0 aliphatic carbocycles. The lowest BCUT2D eigenvalue weighted by atomic mass is 10.1. The van der Waals surface area contributed by atoms with Crippen molar-refractivity contribution in [2.45, 2.75) is 13.0 Å². The van der Waals surface area contributed by atoms with Crippen LogP contribution in [0.25, 0.3) is 11.3 Å². The molecule has 0 radical (unpaired) electrons. The highest BCUT2D eigenvalue weighted by atomic mass is 16.4. The molecule has 2 N–H and O–H groups in total. The third-order valence-electron chi connectivity index (χ3n) is 2.62. The normalized spacial score (nSPS) is 12.3. The first-order chi connectivity index (χ1) is 8.11. The molecule has 5 nitrogen and oxygen atoms in total. The Hall–Kier alpha value is -2.30. The van der Waals surface area contributed by atoms with Crippen molar-refractivity contribution in [1.29, 1.82) is 0 Å². The predicted octanol–water partition coefficient (Wildman–Crippen LogP) is 1.90. The summed E-state index contributed by atoms with van der Waals surface area (Å²) in [5.41, 5.74) is 1.15. The van der Waals surface area contributed by atoms with Crippen LogP contribution in [0.4, 0.5) is 0 Å². The van der Waals surface area contributed by atoms with E-state index in [0.717, 1.165) is 0 Å². The Labute approximate surface area is 98.0 Å². The number of hydrogen-bond donors (Lipinski definition) is 2. The van der Waals surface area contributed by atoms with Crippen LogP contribution in [0.1, 0.15) is 13.0 Å². The van der Waals surface area contributed by atoms with E-state index in [-0.39, 0.29) is 5.75 Å². The third kappa shape index (κ3) is 1.99. The molecule has 0 aliphatic rings. The second-order valence-electron chi connectivity index (χ2n) is 3.72. The van der Waals surface area contributed by atoms with Crippen molar-refractivity contribution in [1.82, 2.24) is 9.55 Å². The number of rotatable bonds is 3. The van der Waals surface area contributed by atoms with Crippen molar-refractivity contribution in [3.63, 3.8) is 0 Å². The molecule has 0 saturated carbocycles. The van der Waals surface area contributed by atoms with E-state index in [0.29, 0.717) is 11.3 Å². The first kappa shape index (κ1) is 11.2. The standard InChI is InChI=1S/C12H12N2O3/c1-8(12(16)17)14-7-13-6-10(14)9-4-2-3-5-11(9)15/h2-8,15H,1H3,(H,16,17). The van der Waals surface area contributed by atoms with Crippen LogP contribution in [0, 0.1) is 0 Å². The lowest BCUT2D eigenvalue weighted by Gasteiger charge is -2.13. The van der Waals surface area contributed by atoms with E-state index >= 15 is 0 Å². The summed E-state index contributed by atoms with van der Waals surface area (Å²) in [6.45, 7) is 1.56. The Morgan fingerprint density at radius 3 is 2.76 bits per heavy atom. The van der Waals surface area contributed by atoms with Crippen molar-refractivity contribution in [3.05, 3.63) is 36.8 Å². The molecule has 88 valence electrons. The fraction of sp³-hybridized carbons (Fsp3) is 0.167. The Kier molecular flexibility index (Phi) is 2.82. The number of carbonyl (C=O) groups is 1. The molecule has 1 unspecified atom stereocenters. The first-order valence-corrected chi connectivity index (χ1v) is 5.14. The topological polar surface area (TPSA) is 75.3 Å². The van der Waals surface area contributed by atoms with Gasteiger partial charge in [0.15, 0.2) is 0 Å². The maximum atomic E-state index is 11.0. The second-order valence-corrected chi connectivity index (χ2v) is 3.72. The van der Waals surface area contributed by atoms with Crippen LogP contribution in [-0.4, -0.2) is 25.7 Å². The van der Waals surface area contributed by atoms with Crippen LogP contribution >= 0.6 is 0 Å². The highest BCUT2D eigenvalue weighted by Gasteiger charge is 2.18. The molecule has 0 saturated heterocycles. The summed E-state index contributed by atoms with van der Waals surface area (Å²) in [5, 5.41) is 18.7. The molecule has 1 aromatic carbocycles. The van der Waals surface area contributed by atoms with Gasteiger partial charge in [0.05, 0.1) is 18.2 Å². The SMILES string of the molecule is CC(C(=O)O)n1cncc1-c1ccccc1O. The van der Waals surface area contributed by atoms with Gasteiger partial charge in [0.25, 0.3) is 0 Å². The Morgan fingerprint density at radius 1 is 1.41 bits per heavy atom. The van der Waals surface area contributed by atoms with E-state index in [9.17, 15) is 9.90 Å².